The van der Waals surface area contributed by atoms with E-state index in [0.717, 1.165) is 0 Å². The topological polar surface area (TPSA) is 15.3 Å². The van der Waals surface area contributed by atoms with Crippen LogP contribution in [-0.2, 0) is 6.54 Å². The van der Waals surface area contributed by atoms with Gasteiger partial charge in [0.2, 0.25) is 0 Å². The van der Waals surface area contributed by atoms with E-state index in [-0.39, 0.29) is 17.8 Å². The molecule has 1 aromatic carbocycles. The second kappa shape index (κ2) is 7.74. The van der Waals surface area contributed by atoms with E-state index in [0.29, 0.717) is 24.6 Å². The van der Waals surface area contributed by atoms with Crippen LogP contribution in [0, 0.1) is 17.6 Å². The maximum atomic E-state index is 14.4. The molecule has 120 valence electrons. The third kappa shape index (κ3) is 5.27. The molecule has 0 aliphatic carbocycles. The average molecular weight is 298 g/mol. The SMILES string of the molecule is CC(C)CN(c1c(F)cc(CNC(C)C)cc1F)C(C)C. The fourth-order valence-corrected chi connectivity index (χ4v) is 2.27. The predicted octanol–water partition coefficient (Wildman–Crippen LogP) is 4.33. The molecule has 21 heavy (non-hydrogen) atoms. The van der Waals surface area contributed by atoms with Crippen LogP contribution in [0.1, 0.15) is 47.1 Å². The number of nitrogens with one attached hydrogen (secondary N) is 1. The summed E-state index contributed by atoms with van der Waals surface area (Å²) >= 11 is 0. The number of hydrogen-bond acceptors (Lipinski definition) is 2. The first-order chi connectivity index (χ1) is 9.72. The quantitative estimate of drug-likeness (QED) is 0.806. The molecule has 0 unspecified atom stereocenters. The Morgan fingerprint density at radius 1 is 1.00 bits per heavy atom. The first-order valence-corrected chi connectivity index (χ1v) is 7.70. The third-order valence-electron chi connectivity index (χ3n) is 3.26. The summed E-state index contributed by atoms with van der Waals surface area (Å²) in [6.45, 7) is 13.1. The van der Waals surface area contributed by atoms with Gasteiger partial charge in [0, 0.05) is 25.2 Å². The molecule has 0 atom stereocenters. The van der Waals surface area contributed by atoms with Gasteiger partial charge in [-0.05, 0) is 37.5 Å². The van der Waals surface area contributed by atoms with Gasteiger partial charge in [0.25, 0.3) is 0 Å². The Morgan fingerprint density at radius 3 is 1.90 bits per heavy atom. The zero-order valence-electron chi connectivity index (χ0n) is 14.0. The molecule has 0 saturated heterocycles. The summed E-state index contributed by atoms with van der Waals surface area (Å²) < 4.78 is 28.8. The van der Waals surface area contributed by atoms with E-state index in [4.69, 9.17) is 0 Å². The molecular weight excluding hydrogens is 270 g/mol. The van der Waals surface area contributed by atoms with E-state index >= 15 is 0 Å². The molecule has 1 aromatic rings. The van der Waals surface area contributed by atoms with Gasteiger partial charge in [0.05, 0.1) is 0 Å². The molecule has 1 rings (SSSR count). The second-order valence-corrected chi connectivity index (χ2v) is 6.58. The van der Waals surface area contributed by atoms with Crippen molar-refractivity contribution in [3.63, 3.8) is 0 Å². The van der Waals surface area contributed by atoms with Crippen LogP contribution in [0.5, 0.6) is 0 Å². The van der Waals surface area contributed by atoms with Crippen molar-refractivity contribution in [3.05, 3.63) is 29.3 Å². The average Bonchev–Trinajstić information content (AvgIpc) is 2.33. The van der Waals surface area contributed by atoms with Crippen LogP contribution in [0.4, 0.5) is 14.5 Å². The Hall–Kier alpha value is -1.16. The molecular formula is C17H28F2N2. The lowest BCUT2D eigenvalue weighted by molar-refractivity contribution is 0.519. The summed E-state index contributed by atoms with van der Waals surface area (Å²) in [4.78, 5) is 1.80. The smallest absolute Gasteiger partial charge is 0.149 e. The summed E-state index contributed by atoms with van der Waals surface area (Å²) in [6.07, 6.45) is 0. The lowest BCUT2D eigenvalue weighted by Gasteiger charge is -2.31. The summed E-state index contributed by atoms with van der Waals surface area (Å²) in [5, 5.41) is 3.17. The van der Waals surface area contributed by atoms with Crippen molar-refractivity contribution in [1.82, 2.24) is 5.32 Å². The monoisotopic (exact) mass is 298 g/mol. The van der Waals surface area contributed by atoms with Crippen molar-refractivity contribution in [1.29, 1.82) is 0 Å². The zero-order valence-corrected chi connectivity index (χ0v) is 14.0. The Labute approximate surface area is 127 Å². The molecule has 0 bridgehead atoms. The maximum absolute atomic E-state index is 14.4. The lowest BCUT2D eigenvalue weighted by Crippen LogP contribution is -2.35. The highest BCUT2D eigenvalue weighted by Crippen LogP contribution is 2.27. The van der Waals surface area contributed by atoms with E-state index in [9.17, 15) is 8.78 Å². The number of benzene rings is 1. The summed E-state index contributed by atoms with van der Waals surface area (Å²) in [5.74, 6) is -0.622. The van der Waals surface area contributed by atoms with Crippen LogP contribution in [0.25, 0.3) is 0 Å². The van der Waals surface area contributed by atoms with Gasteiger partial charge in [-0.15, -0.1) is 0 Å². The third-order valence-corrected chi connectivity index (χ3v) is 3.26. The van der Waals surface area contributed by atoms with Crippen LogP contribution in [-0.4, -0.2) is 18.6 Å². The largest absolute Gasteiger partial charge is 0.364 e. The summed E-state index contributed by atoms with van der Waals surface area (Å²) in [6, 6.07) is 3.20. The van der Waals surface area contributed by atoms with Gasteiger partial charge in [-0.3, -0.25) is 0 Å². The minimum atomic E-state index is -0.482. The van der Waals surface area contributed by atoms with Gasteiger partial charge < -0.3 is 10.2 Å². The van der Waals surface area contributed by atoms with E-state index in [1.807, 2.05) is 41.5 Å². The number of halogens is 2. The Morgan fingerprint density at radius 2 is 1.52 bits per heavy atom. The van der Waals surface area contributed by atoms with Gasteiger partial charge >= 0.3 is 0 Å². The second-order valence-electron chi connectivity index (χ2n) is 6.58. The van der Waals surface area contributed by atoms with Crippen LogP contribution in [0.3, 0.4) is 0 Å². The summed E-state index contributed by atoms with van der Waals surface area (Å²) in [5.41, 5.74) is 0.725. The van der Waals surface area contributed by atoms with E-state index in [1.165, 1.54) is 12.1 Å². The van der Waals surface area contributed by atoms with Crippen LogP contribution in [0.2, 0.25) is 0 Å². The highest BCUT2D eigenvalue weighted by Gasteiger charge is 2.21. The predicted molar refractivity (Wildman–Crippen MR) is 85.7 cm³/mol. The number of nitrogens with zero attached hydrogens (tertiary/aromatic N) is 1. The maximum Gasteiger partial charge on any atom is 0.149 e. The van der Waals surface area contributed by atoms with Crippen LogP contribution in [0.15, 0.2) is 12.1 Å². The van der Waals surface area contributed by atoms with Gasteiger partial charge in [0.15, 0.2) is 0 Å². The molecule has 0 heterocycles. The highest BCUT2D eigenvalue weighted by molar-refractivity contribution is 5.51. The van der Waals surface area contributed by atoms with Crippen LogP contribution < -0.4 is 10.2 Å². The van der Waals surface area contributed by atoms with Gasteiger partial charge in [-0.25, -0.2) is 8.78 Å². The molecule has 0 amide bonds. The van der Waals surface area contributed by atoms with Gasteiger partial charge in [-0.2, -0.15) is 0 Å². The van der Waals surface area contributed by atoms with Crippen molar-refractivity contribution in [2.75, 3.05) is 11.4 Å². The Bertz CT molecular complexity index is 433. The highest BCUT2D eigenvalue weighted by atomic mass is 19.1. The van der Waals surface area contributed by atoms with E-state index < -0.39 is 11.6 Å². The van der Waals surface area contributed by atoms with Crippen molar-refractivity contribution in [2.24, 2.45) is 5.92 Å². The molecule has 0 fully saturated rings. The van der Waals surface area contributed by atoms with Crippen molar-refractivity contribution < 1.29 is 8.78 Å². The van der Waals surface area contributed by atoms with Crippen molar-refractivity contribution in [3.8, 4) is 0 Å². The summed E-state index contributed by atoms with van der Waals surface area (Å²) in [7, 11) is 0. The fourth-order valence-electron chi connectivity index (χ4n) is 2.27. The normalized spacial score (nSPS) is 11.8. The Kier molecular flexibility index (Phi) is 6.59. The molecule has 0 aliphatic heterocycles. The Balaban J connectivity index is 3.06. The van der Waals surface area contributed by atoms with Gasteiger partial charge in [-0.1, -0.05) is 27.7 Å². The first kappa shape index (κ1) is 17.9. The minimum absolute atomic E-state index is 0.0519. The van der Waals surface area contributed by atoms with E-state index in [2.05, 4.69) is 5.32 Å². The number of anilines is 1. The van der Waals surface area contributed by atoms with Crippen LogP contribution >= 0.6 is 0 Å². The first-order valence-electron chi connectivity index (χ1n) is 7.70. The molecule has 0 aliphatic rings. The molecule has 0 aromatic heterocycles. The molecule has 1 N–H and O–H groups in total. The van der Waals surface area contributed by atoms with Crippen molar-refractivity contribution in [2.45, 2.75) is 60.2 Å². The zero-order chi connectivity index (χ0) is 16.2. The molecule has 2 nitrogen and oxygen atoms in total. The molecule has 4 heteroatoms. The number of hydrogen-bond donors (Lipinski definition) is 1. The minimum Gasteiger partial charge on any atom is -0.364 e. The molecule has 0 saturated carbocycles. The molecule has 0 spiro atoms. The van der Waals surface area contributed by atoms with E-state index in [1.54, 1.807) is 4.90 Å². The lowest BCUT2D eigenvalue weighted by atomic mass is 10.1. The number of rotatable bonds is 7. The molecule has 0 radical (unpaired) electrons. The van der Waals surface area contributed by atoms with Crippen molar-refractivity contribution >= 4 is 5.69 Å². The fraction of sp³-hybridized carbons (Fsp3) is 0.647. The standard InChI is InChI=1S/C17H28F2N2/c1-11(2)10-21(13(5)6)17-15(18)7-14(8-16(17)19)9-20-12(3)4/h7-8,11-13,20H,9-10H2,1-6H3. The van der Waals surface area contributed by atoms with Gasteiger partial charge in [0.1, 0.15) is 17.3 Å².